The number of pyridine rings is 1. The van der Waals surface area contributed by atoms with Crippen molar-refractivity contribution in [3.63, 3.8) is 0 Å². The number of aryl methyl sites for hydroxylation is 1. The van der Waals surface area contributed by atoms with Crippen LogP contribution in [-0.2, 0) is 21.3 Å². The summed E-state index contributed by atoms with van der Waals surface area (Å²) < 4.78 is 33.1. The van der Waals surface area contributed by atoms with Crippen molar-refractivity contribution in [2.24, 2.45) is 0 Å². The summed E-state index contributed by atoms with van der Waals surface area (Å²) in [5.41, 5.74) is 2.42. The normalized spacial score (nSPS) is 11.9. The summed E-state index contributed by atoms with van der Waals surface area (Å²) in [6.45, 7) is 7.82. The van der Waals surface area contributed by atoms with Crippen LogP contribution < -0.4 is 0 Å². The molecule has 164 valence electrons. The molecule has 2 aromatic heterocycles. The van der Waals surface area contributed by atoms with E-state index in [0.717, 1.165) is 11.1 Å². The third kappa shape index (κ3) is 4.64. The van der Waals surface area contributed by atoms with E-state index in [1.54, 1.807) is 23.2 Å². The van der Waals surface area contributed by atoms with Crippen LogP contribution in [0.2, 0.25) is 0 Å². The van der Waals surface area contributed by atoms with E-state index in [4.69, 9.17) is 4.74 Å². The lowest BCUT2D eigenvalue weighted by Gasteiger charge is -2.34. The minimum Gasteiger partial charge on any atom is -0.453 e. The summed E-state index contributed by atoms with van der Waals surface area (Å²) in [7, 11) is -2.56. The van der Waals surface area contributed by atoms with E-state index >= 15 is 0 Å². The molecule has 1 amide bonds. The van der Waals surface area contributed by atoms with Gasteiger partial charge < -0.3 is 4.74 Å². The van der Waals surface area contributed by atoms with Crippen molar-refractivity contribution >= 4 is 16.1 Å². The Balaban J connectivity index is 2.18. The Labute approximate surface area is 183 Å². The fourth-order valence-corrected chi connectivity index (χ4v) is 4.68. The van der Waals surface area contributed by atoms with Gasteiger partial charge in [0.15, 0.2) is 0 Å². The van der Waals surface area contributed by atoms with E-state index in [9.17, 15) is 13.2 Å². The maximum Gasteiger partial charge on any atom is 0.410 e. The summed E-state index contributed by atoms with van der Waals surface area (Å²) in [5, 5.41) is 0. The fraction of sp³-hybridized carbons (Fsp3) is 0.304. The number of nitrogens with zero attached hydrogens (tertiary/aromatic N) is 3. The van der Waals surface area contributed by atoms with Gasteiger partial charge in [0, 0.05) is 29.7 Å². The molecule has 0 aliphatic rings. The van der Waals surface area contributed by atoms with Crippen molar-refractivity contribution in [2.45, 2.75) is 44.7 Å². The number of methoxy groups -OCH3 is 1. The molecule has 2 heterocycles. The molecule has 0 saturated heterocycles. The lowest BCUT2D eigenvalue weighted by atomic mass is 10.0. The Kier molecular flexibility index (Phi) is 6.22. The van der Waals surface area contributed by atoms with Crippen LogP contribution in [-0.4, -0.2) is 41.0 Å². The Morgan fingerprint density at radius 3 is 2.45 bits per heavy atom. The largest absolute Gasteiger partial charge is 0.453 e. The van der Waals surface area contributed by atoms with Crippen molar-refractivity contribution in [2.75, 3.05) is 7.11 Å². The molecule has 0 radical (unpaired) electrons. The average molecular weight is 442 g/mol. The van der Waals surface area contributed by atoms with E-state index in [1.165, 1.54) is 29.5 Å². The number of carbonyl (C=O) groups excluding carboxylic acids is 1. The highest BCUT2D eigenvalue weighted by Gasteiger charge is 2.29. The van der Waals surface area contributed by atoms with Gasteiger partial charge in [-0.15, -0.1) is 0 Å². The highest BCUT2D eigenvalue weighted by atomic mass is 32.2. The Hall–Kier alpha value is -3.13. The molecule has 0 aliphatic carbocycles. The lowest BCUT2D eigenvalue weighted by molar-refractivity contribution is 0.0793. The number of hydrogen-bond acceptors (Lipinski definition) is 5. The third-order valence-corrected chi connectivity index (χ3v) is 6.66. The SMILES string of the molecule is COC(=O)N(Cc1cc(-c2ccccc2C)n(S(=O)(=O)c2cccnc2)c1)C(C)(C)C. The van der Waals surface area contributed by atoms with Crippen LogP contribution in [0.25, 0.3) is 11.3 Å². The van der Waals surface area contributed by atoms with E-state index in [0.29, 0.717) is 11.3 Å². The molecule has 3 rings (SSSR count). The molecule has 0 bridgehead atoms. The Bertz CT molecular complexity index is 1180. The average Bonchev–Trinajstić information content (AvgIpc) is 3.16. The molecule has 0 aliphatic heterocycles. The Morgan fingerprint density at radius 1 is 1.16 bits per heavy atom. The van der Waals surface area contributed by atoms with Crippen molar-refractivity contribution in [3.05, 3.63) is 72.2 Å². The summed E-state index contributed by atoms with van der Waals surface area (Å²) in [4.78, 5) is 18.0. The van der Waals surface area contributed by atoms with Gasteiger partial charge >= 0.3 is 6.09 Å². The first-order valence-electron chi connectivity index (χ1n) is 9.84. The smallest absolute Gasteiger partial charge is 0.410 e. The lowest BCUT2D eigenvalue weighted by Crippen LogP contribution is -2.44. The quantitative estimate of drug-likeness (QED) is 0.584. The highest BCUT2D eigenvalue weighted by molar-refractivity contribution is 7.90. The molecular weight excluding hydrogens is 414 g/mol. The van der Waals surface area contributed by atoms with Crippen LogP contribution in [0.3, 0.4) is 0 Å². The van der Waals surface area contributed by atoms with Crippen molar-refractivity contribution in [3.8, 4) is 11.3 Å². The maximum absolute atomic E-state index is 13.4. The van der Waals surface area contributed by atoms with E-state index in [1.807, 2.05) is 52.0 Å². The minimum atomic E-state index is -3.89. The number of hydrogen-bond donors (Lipinski definition) is 0. The van der Waals surface area contributed by atoms with Crippen molar-refractivity contribution in [1.82, 2.24) is 13.9 Å². The number of carbonyl (C=O) groups is 1. The van der Waals surface area contributed by atoms with Gasteiger partial charge in [0.2, 0.25) is 0 Å². The van der Waals surface area contributed by atoms with E-state index in [2.05, 4.69) is 4.98 Å². The molecule has 3 aromatic rings. The van der Waals surface area contributed by atoms with Gasteiger partial charge in [0.25, 0.3) is 10.0 Å². The number of amides is 1. The first-order valence-corrected chi connectivity index (χ1v) is 11.3. The first kappa shape index (κ1) is 22.6. The van der Waals surface area contributed by atoms with Gasteiger partial charge in [-0.2, -0.15) is 0 Å². The predicted octanol–water partition coefficient (Wildman–Crippen LogP) is 4.46. The second-order valence-corrected chi connectivity index (χ2v) is 10.1. The topological polar surface area (TPSA) is 81.5 Å². The number of ether oxygens (including phenoxy) is 1. The highest BCUT2D eigenvalue weighted by Crippen LogP contribution is 2.30. The molecule has 1 aromatic carbocycles. The fourth-order valence-electron chi connectivity index (χ4n) is 3.32. The van der Waals surface area contributed by atoms with Gasteiger partial charge in [0.1, 0.15) is 4.90 Å². The van der Waals surface area contributed by atoms with Crippen LogP contribution in [0, 0.1) is 6.92 Å². The van der Waals surface area contributed by atoms with Crippen LogP contribution >= 0.6 is 0 Å². The third-order valence-electron chi connectivity index (χ3n) is 5.00. The zero-order valence-electron chi connectivity index (χ0n) is 18.4. The Morgan fingerprint density at radius 2 is 1.87 bits per heavy atom. The van der Waals surface area contributed by atoms with Crippen molar-refractivity contribution in [1.29, 1.82) is 0 Å². The second kappa shape index (κ2) is 8.55. The summed E-state index contributed by atoms with van der Waals surface area (Å²) in [5.74, 6) is 0. The summed E-state index contributed by atoms with van der Waals surface area (Å²) in [6, 6.07) is 12.5. The summed E-state index contributed by atoms with van der Waals surface area (Å²) >= 11 is 0. The molecule has 0 fully saturated rings. The molecule has 0 N–H and O–H groups in total. The van der Waals surface area contributed by atoms with Crippen LogP contribution in [0.15, 0.2) is 66.0 Å². The number of aromatic nitrogens is 2. The van der Waals surface area contributed by atoms with Gasteiger partial charge in [-0.25, -0.2) is 17.2 Å². The number of rotatable bonds is 5. The van der Waals surface area contributed by atoms with Gasteiger partial charge in [-0.05, 0) is 57.0 Å². The molecule has 0 saturated carbocycles. The maximum atomic E-state index is 13.4. The molecule has 0 unspecified atom stereocenters. The van der Waals surface area contributed by atoms with Crippen LogP contribution in [0.1, 0.15) is 31.9 Å². The zero-order valence-corrected chi connectivity index (χ0v) is 19.2. The van der Waals surface area contributed by atoms with Crippen molar-refractivity contribution < 1.29 is 17.9 Å². The molecule has 8 heteroatoms. The first-order chi connectivity index (χ1) is 14.6. The molecular formula is C23H27N3O4S. The molecule has 31 heavy (non-hydrogen) atoms. The van der Waals surface area contributed by atoms with E-state index < -0.39 is 21.7 Å². The van der Waals surface area contributed by atoms with Gasteiger partial charge in [-0.1, -0.05) is 24.3 Å². The predicted molar refractivity (Wildman–Crippen MR) is 119 cm³/mol. The van der Waals surface area contributed by atoms with Gasteiger partial charge in [-0.3, -0.25) is 9.88 Å². The van der Waals surface area contributed by atoms with Gasteiger partial charge in [0.05, 0.1) is 19.3 Å². The zero-order chi connectivity index (χ0) is 22.8. The van der Waals surface area contributed by atoms with E-state index in [-0.39, 0.29) is 11.4 Å². The molecule has 0 spiro atoms. The number of benzene rings is 1. The standard InChI is InChI=1S/C23H27N3O4S/c1-17-9-6-7-11-20(17)21-13-18(15-25(22(27)30-5)23(2,3)4)16-26(21)31(28,29)19-10-8-12-24-14-19/h6-14,16H,15H2,1-5H3. The van der Waals surface area contributed by atoms with Crippen LogP contribution in [0.4, 0.5) is 4.79 Å². The monoisotopic (exact) mass is 441 g/mol. The minimum absolute atomic E-state index is 0.0904. The molecule has 7 nitrogen and oxygen atoms in total. The summed E-state index contributed by atoms with van der Waals surface area (Å²) in [6.07, 6.45) is 3.94. The second-order valence-electron chi connectivity index (χ2n) is 8.27. The molecule has 0 atom stereocenters. The van der Waals surface area contributed by atoms with Crippen LogP contribution in [0.5, 0.6) is 0 Å².